The van der Waals surface area contributed by atoms with E-state index in [9.17, 15) is 14.7 Å². The topological polar surface area (TPSA) is 75.6 Å². The first-order chi connectivity index (χ1) is 10.6. The molecule has 0 spiro atoms. The molecule has 1 amide bonds. The number of ether oxygens (including phenoxy) is 1. The van der Waals surface area contributed by atoms with Gasteiger partial charge in [0.25, 0.3) is 0 Å². The molecule has 0 fully saturated rings. The monoisotopic (exact) mass is 403 g/mol. The lowest BCUT2D eigenvalue weighted by Gasteiger charge is -2.24. The maximum absolute atomic E-state index is 11.8. The van der Waals surface area contributed by atoms with Gasteiger partial charge < -0.3 is 15.2 Å². The molecule has 0 aliphatic rings. The van der Waals surface area contributed by atoms with Crippen LogP contribution in [0, 0.1) is 0 Å². The van der Waals surface area contributed by atoms with Gasteiger partial charge in [-0.2, -0.15) is 11.8 Å². The molecule has 1 aromatic carbocycles. The highest BCUT2D eigenvalue weighted by atomic mass is 79.9. The Morgan fingerprint density at radius 3 is 2.57 bits per heavy atom. The van der Waals surface area contributed by atoms with E-state index in [1.54, 1.807) is 27.7 Å². The van der Waals surface area contributed by atoms with Crippen LogP contribution in [0.2, 0.25) is 0 Å². The van der Waals surface area contributed by atoms with E-state index in [1.165, 1.54) is 11.8 Å². The second-order valence-corrected chi connectivity index (χ2v) is 8.39. The number of rotatable bonds is 6. The molecule has 0 heterocycles. The maximum Gasteiger partial charge on any atom is 0.408 e. The molecule has 5 nitrogen and oxygen atoms in total. The Bertz CT molecular complexity index is 559. The van der Waals surface area contributed by atoms with Gasteiger partial charge in [0.1, 0.15) is 11.6 Å². The summed E-state index contributed by atoms with van der Waals surface area (Å²) in [5.74, 6) is -0.425. The van der Waals surface area contributed by atoms with Crippen LogP contribution in [0.25, 0.3) is 0 Å². The number of carbonyl (C=O) groups is 2. The van der Waals surface area contributed by atoms with Gasteiger partial charge in [-0.05, 0) is 38.5 Å². The van der Waals surface area contributed by atoms with Crippen LogP contribution >= 0.6 is 27.7 Å². The predicted octanol–water partition coefficient (Wildman–Crippen LogP) is 4.05. The zero-order valence-corrected chi connectivity index (χ0v) is 16.0. The number of benzene rings is 1. The molecular formula is C16H22BrNO4S. The molecule has 128 valence electrons. The maximum atomic E-state index is 11.8. The molecular weight excluding hydrogens is 382 g/mol. The van der Waals surface area contributed by atoms with Crippen LogP contribution in [0.5, 0.6) is 0 Å². The average molecular weight is 404 g/mol. The molecule has 1 aromatic rings. The second kappa shape index (κ2) is 8.59. The van der Waals surface area contributed by atoms with Crippen molar-refractivity contribution in [3.05, 3.63) is 34.3 Å². The van der Waals surface area contributed by atoms with Crippen molar-refractivity contribution in [1.29, 1.82) is 0 Å². The highest BCUT2D eigenvalue weighted by molar-refractivity contribution is 9.10. The van der Waals surface area contributed by atoms with Gasteiger partial charge in [0.2, 0.25) is 0 Å². The number of thioether (sulfide) groups is 1. The lowest BCUT2D eigenvalue weighted by atomic mass is 10.2. The lowest BCUT2D eigenvalue weighted by molar-refractivity contribution is -0.139. The van der Waals surface area contributed by atoms with Gasteiger partial charge in [0.05, 0.1) is 0 Å². The van der Waals surface area contributed by atoms with Crippen LogP contribution in [0.3, 0.4) is 0 Å². The van der Waals surface area contributed by atoms with Crippen LogP contribution < -0.4 is 5.32 Å². The Hall–Kier alpha value is -1.21. The molecule has 0 aromatic heterocycles. The van der Waals surface area contributed by atoms with E-state index in [4.69, 9.17) is 4.74 Å². The Morgan fingerprint density at radius 2 is 2.04 bits per heavy atom. The Balaban J connectivity index is 2.62. The highest BCUT2D eigenvalue weighted by Gasteiger charge is 2.29. The van der Waals surface area contributed by atoms with Crippen LogP contribution in [0.4, 0.5) is 4.79 Å². The van der Waals surface area contributed by atoms with E-state index >= 15 is 0 Å². The number of hydrogen-bond acceptors (Lipinski definition) is 4. The number of carboxylic acid groups (broad SMARTS) is 1. The van der Waals surface area contributed by atoms with Crippen LogP contribution in [0.1, 0.15) is 33.3 Å². The fourth-order valence-corrected chi connectivity index (χ4v) is 3.22. The first kappa shape index (κ1) is 19.8. The van der Waals surface area contributed by atoms with E-state index in [2.05, 4.69) is 21.2 Å². The quantitative estimate of drug-likeness (QED) is 0.748. The molecule has 0 aliphatic heterocycles. The van der Waals surface area contributed by atoms with Crippen molar-refractivity contribution in [3.63, 3.8) is 0 Å². The average Bonchev–Trinajstić information content (AvgIpc) is 2.40. The Morgan fingerprint density at radius 1 is 1.39 bits per heavy atom. The third kappa shape index (κ3) is 7.74. The second-order valence-electron chi connectivity index (χ2n) is 6.11. The van der Waals surface area contributed by atoms with Gasteiger partial charge in [0.15, 0.2) is 0 Å². The molecule has 1 unspecified atom stereocenters. The first-order valence-corrected chi connectivity index (χ1v) is 9.01. The number of amides is 1. The third-order valence-electron chi connectivity index (χ3n) is 2.81. The molecule has 0 aliphatic carbocycles. The zero-order chi connectivity index (χ0) is 17.6. The van der Waals surface area contributed by atoms with E-state index in [0.29, 0.717) is 5.75 Å². The molecule has 7 heteroatoms. The van der Waals surface area contributed by atoms with E-state index in [0.717, 1.165) is 10.0 Å². The van der Waals surface area contributed by atoms with Crippen LogP contribution in [-0.2, 0) is 15.3 Å². The van der Waals surface area contributed by atoms with Gasteiger partial charge in [-0.1, -0.05) is 35.0 Å². The normalized spacial score (nSPS) is 14.0. The summed E-state index contributed by atoms with van der Waals surface area (Å²) in [5, 5.41) is 11.5. The van der Waals surface area contributed by atoms with Gasteiger partial charge in [-0.15, -0.1) is 0 Å². The minimum Gasteiger partial charge on any atom is -0.480 e. The molecule has 2 N–H and O–H groups in total. The molecule has 1 rings (SSSR count). The number of nitrogens with one attached hydrogen (secondary N) is 1. The van der Waals surface area contributed by atoms with Crippen LogP contribution in [-0.4, -0.2) is 34.1 Å². The van der Waals surface area contributed by atoms with E-state index < -0.39 is 23.7 Å². The first-order valence-electron chi connectivity index (χ1n) is 7.17. The summed E-state index contributed by atoms with van der Waals surface area (Å²) in [6, 6.07) is 6.81. The summed E-state index contributed by atoms with van der Waals surface area (Å²) < 4.78 is 6.09. The molecule has 0 saturated heterocycles. The zero-order valence-electron chi connectivity index (χ0n) is 13.6. The van der Waals surface area contributed by atoms with E-state index in [-0.39, 0.29) is 5.25 Å². The van der Waals surface area contributed by atoms with Crippen LogP contribution in [0.15, 0.2) is 28.7 Å². The highest BCUT2D eigenvalue weighted by Crippen LogP contribution is 2.22. The fraction of sp³-hybridized carbons (Fsp3) is 0.500. The van der Waals surface area contributed by atoms with E-state index in [1.807, 2.05) is 24.3 Å². The lowest BCUT2D eigenvalue weighted by Crippen LogP contribution is -2.48. The number of hydrogen-bond donors (Lipinski definition) is 2. The van der Waals surface area contributed by atoms with Gasteiger partial charge in [-0.25, -0.2) is 9.59 Å². The molecule has 0 radical (unpaired) electrons. The summed E-state index contributed by atoms with van der Waals surface area (Å²) >= 11 is 4.87. The van der Waals surface area contributed by atoms with Gasteiger partial charge in [-0.3, -0.25) is 0 Å². The van der Waals surface area contributed by atoms with Crippen molar-refractivity contribution in [1.82, 2.24) is 5.32 Å². The van der Waals surface area contributed by atoms with Crippen molar-refractivity contribution >= 4 is 39.8 Å². The molecule has 2 atom stereocenters. The summed E-state index contributed by atoms with van der Waals surface area (Å²) in [4.78, 5) is 23.2. The van der Waals surface area contributed by atoms with Crippen molar-refractivity contribution in [3.8, 4) is 0 Å². The largest absolute Gasteiger partial charge is 0.480 e. The van der Waals surface area contributed by atoms with Gasteiger partial charge in [0, 0.05) is 15.5 Å². The number of aliphatic carboxylic acids is 1. The molecule has 0 saturated carbocycles. The van der Waals surface area contributed by atoms with Crippen molar-refractivity contribution in [2.75, 3.05) is 0 Å². The predicted molar refractivity (Wildman–Crippen MR) is 95.7 cm³/mol. The standard InChI is InChI=1S/C16H22BrNO4S/c1-10(23-9-11-6-5-7-12(17)8-11)13(14(19)20)18-15(21)22-16(2,3)4/h5-8,10,13H,9H2,1-4H3,(H,18,21)(H,19,20)/t10?,13-/m0/s1. The third-order valence-corrected chi connectivity index (χ3v) is 4.60. The fourth-order valence-electron chi connectivity index (χ4n) is 1.77. The number of carbonyl (C=O) groups excluding carboxylic acids is 1. The number of halogens is 1. The van der Waals surface area contributed by atoms with Crippen molar-refractivity contribution < 1.29 is 19.4 Å². The molecule has 0 bridgehead atoms. The van der Waals surface area contributed by atoms with Crippen molar-refractivity contribution in [2.24, 2.45) is 0 Å². The summed E-state index contributed by atoms with van der Waals surface area (Å²) in [6.07, 6.45) is -0.722. The number of carboxylic acids is 1. The minimum atomic E-state index is -1.08. The Labute approximate surface area is 149 Å². The minimum absolute atomic E-state index is 0.306. The SMILES string of the molecule is CC(SCc1cccc(Br)c1)[C@H](NC(=O)OC(C)(C)C)C(=O)O. The summed E-state index contributed by atoms with van der Waals surface area (Å²) in [6.45, 7) is 6.97. The van der Waals surface area contributed by atoms with Crippen molar-refractivity contribution in [2.45, 2.75) is 50.3 Å². The smallest absolute Gasteiger partial charge is 0.408 e. The summed E-state index contributed by atoms with van der Waals surface area (Å²) in [7, 11) is 0. The molecule has 23 heavy (non-hydrogen) atoms. The Kier molecular flexibility index (Phi) is 7.41. The summed E-state index contributed by atoms with van der Waals surface area (Å²) in [5.41, 5.74) is 0.414. The number of alkyl carbamates (subject to hydrolysis) is 1. The van der Waals surface area contributed by atoms with Gasteiger partial charge >= 0.3 is 12.1 Å².